The Bertz CT molecular complexity index is 1450. The monoisotopic (exact) mass is 953 g/mol. The molecule has 0 saturated carbocycles. The zero-order chi connectivity index (χ0) is 49.9. The van der Waals surface area contributed by atoms with E-state index in [0.717, 1.165) is 116 Å². The molecule has 0 saturated heterocycles. The molecule has 1 unspecified atom stereocenters. The maximum atomic E-state index is 12.3. The van der Waals surface area contributed by atoms with Crippen molar-refractivity contribution in [3.05, 3.63) is 134 Å². The maximum Gasteiger partial charge on any atom is 0.306 e. The molecule has 0 spiro atoms. The van der Waals surface area contributed by atoms with E-state index in [1.54, 1.807) is 0 Å². The molecule has 1 atom stereocenters. The van der Waals surface area contributed by atoms with Crippen molar-refractivity contribution >= 4 is 11.9 Å². The largest absolute Gasteiger partial charge is 0.462 e. The highest BCUT2D eigenvalue weighted by Gasteiger charge is 2.16. The zero-order valence-corrected chi connectivity index (χ0v) is 44.5. The van der Waals surface area contributed by atoms with Crippen molar-refractivity contribution in [1.29, 1.82) is 0 Å². The number of aliphatic hydroxyl groups is 1. The molecule has 0 aliphatic carbocycles. The molecule has 0 bridgehead atoms. The molecular formula is C64H104O5. The van der Waals surface area contributed by atoms with Gasteiger partial charge in [0.2, 0.25) is 0 Å². The van der Waals surface area contributed by atoms with E-state index in [0.29, 0.717) is 12.8 Å². The fourth-order valence-electron chi connectivity index (χ4n) is 7.46. The van der Waals surface area contributed by atoms with E-state index in [4.69, 9.17) is 9.47 Å². The van der Waals surface area contributed by atoms with E-state index >= 15 is 0 Å². The molecule has 0 aromatic rings. The average molecular weight is 954 g/mol. The molecule has 5 heteroatoms. The van der Waals surface area contributed by atoms with Gasteiger partial charge in [-0.1, -0.05) is 244 Å². The van der Waals surface area contributed by atoms with Gasteiger partial charge >= 0.3 is 11.9 Å². The normalized spacial score (nSPS) is 13.3. The van der Waals surface area contributed by atoms with Gasteiger partial charge in [-0.05, 0) is 116 Å². The lowest BCUT2D eigenvalue weighted by Gasteiger charge is -2.15. The van der Waals surface area contributed by atoms with Crippen molar-refractivity contribution in [2.24, 2.45) is 0 Å². The van der Waals surface area contributed by atoms with Crippen molar-refractivity contribution in [1.82, 2.24) is 0 Å². The number of hydrogen-bond donors (Lipinski definition) is 1. The van der Waals surface area contributed by atoms with Gasteiger partial charge in [0.25, 0.3) is 0 Å². The number of carbonyl (C=O) groups is 2. The van der Waals surface area contributed by atoms with Crippen LogP contribution >= 0.6 is 0 Å². The lowest BCUT2D eigenvalue weighted by molar-refractivity contribution is -0.161. The van der Waals surface area contributed by atoms with Gasteiger partial charge in [0.15, 0.2) is 6.10 Å². The van der Waals surface area contributed by atoms with Crippen molar-refractivity contribution < 1.29 is 24.2 Å². The second-order valence-electron chi connectivity index (χ2n) is 18.3. The maximum absolute atomic E-state index is 12.3. The van der Waals surface area contributed by atoms with E-state index in [2.05, 4.69) is 148 Å². The third-order valence-corrected chi connectivity index (χ3v) is 11.7. The van der Waals surface area contributed by atoms with Gasteiger partial charge in [-0.25, -0.2) is 0 Å². The van der Waals surface area contributed by atoms with Crippen LogP contribution in [0.25, 0.3) is 0 Å². The number of aliphatic hydroxyl groups excluding tert-OH is 1. The predicted molar refractivity (Wildman–Crippen MR) is 301 cm³/mol. The molecule has 0 aromatic heterocycles. The average Bonchev–Trinajstić information content (AvgIpc) is 3.35. The Kier molecular flexibility index (Phi) is 55.0. The van der Waals surface area contributed by atoms with E-state index in [1.165, 1.54) is 96.3 Å². The van der Waals surface area contributed by atoms with E-state index in [9.17, 15) is 14.7 Å². The molecule has 0 heterocycles. The van der Waals surface area contributed by atoms with Crippen molar-refractivity contribution in [2.75, 3.05) is 13.2 Å². The van der Waals surface area contributed by atoms with Crippen LogP contribution < -0.4 is 0 Å². The zero-order valence-electron chi connectivity index (χ0n) is 44.5. The molecule has 0 rings (SSSR count). The van der Waals surface area contributed by atoms with Gasteiger partial charge in [0.05, 0.1) is 6.61 Å². The minimum absolute atomic E-state index is 0.0797. The third-order valence-electron chi connectivity index (χ3n) is 11.7. The summed E-state index contributed by atoms with van der Waals surface area (Å²) in [6, 6.07) is 0. The Morgan fingerprint density at radius 2 is 0.623 bits per heavy atom. The van der Waals surface area contributed by atoms with Crippen LogP contribution in [0, 0.1) is 0 Å². The SMILES string of the molecule is CC/C=C\C/C=C\C/C=C\C/C=C\C/C=C\C/C=C\C/C=C\C/C=C\C/C=C\C/C=C\CCCCCCCCCCC(=O)OC(CO)COC(=O)CCCCCCC/C=C\CCCCCCCCC. The van der Waals surface area contributed by atoms with Crippen LogP contribution in [0.2, 0.25) is 0 Å². The fraction of sp³-hybridized carbons (Fsp3) is 0.625. The summed E-state index contributed by atoms with van der Waals surface area (Å²) in [6.07, 6.45) is 87.0. The number of esters is 2. The highest BCUT2D eigenvalue weighted by atomic mass is 16.6. The summed E-state index contributed by atoms with van der Waals surface area (Å²) in [5.74, 6) is -0.615. The first kappa shape index (κ1) is 65.0. The summed E-state index contributed by atoms with van der Waals surface area (Å²) in [5.41, 5.74) is 0. The van der Waals surface area contributed by atoms with Gasteiger partial charge < -0.3 is 14.6 Å². The number of unbranched alkanes of at least 4 members (excludes halogenated alkanes) is 20. The second-order valence-corrected chi connectivity index (χ2v) is 18.3. The molecule has 0 radical (unpaired) electrons. The number of hydrogen-bond acceptors (Lipinski definition) is 5. The van der Waals surface area contributed by atoms with Crippen LogP contribution in [0.3, 0.4) is 0 Å². The Morgan fingerprint density at radius 1 is 0.348 bits per heavy atom. The third kappa shape index (κ3) is 56.5. The summed E-state index contributed by atoms with van der Waals surface area (Å²) in [5, 5.41) is 9.63. The van der Waals surface area contributed by atoms with Crippen LogP contribution in [0.1, 0.15) is 239 Å². The first-order chi connectivity index (χ1) is 34.1. The minimum atomic E-state index is -0.788. The molecule has 0 aliphatic heterocycles. The Morgan fingerprint density at radius 3 is 0.957 bits per heavy atom. The topological polar surface area (TPSA) is 72.8 Å². The van der Waals surface area contributed by atoms with E-state index in [1.807, 2.05) is 0 Å². The van der Waals surface area contributed by atoms with Crippen LogP contribution in [0.5, 0.6) is 0 Å². The lowest BCUT2D eigenvalue weighted by atomic mass is 10.1. The van der Waals surface area contributed by atoms with Crippen LogP contribution in [-0.2, 0) is 19.1 Å². The highest BCUT2D eigenvalue weighted by Crippen LogP contribution is 2.14. The Labute approximate surface area is 425 Å². The fourth-order valence-corrected chi connectivity index (χ4v) is 7.46. The Hall–Kier alpha value is -3.96. The highest BCUT2D eigenvalue weighted by molar-refractivity contribution is 5.70. The van der Waals surface area contributed by atoms with Gasteiger partial charge in [-0.15, -0.1) is 0 Å². The molecule has 390 valence electrons. The number of rotatable bonds is 50. The molecule has 1 N–H and O–H groups in total. The molecule has 0 amide bonds. The first-order valence-electron chi connectivity index (χ1n) is 28.2. The minimum Gasteiger partial charge on any atom is -0.462 e. The van der Waals surface area contributed by atoms with E-state index < -0.39 is 6.10 Å². The second kappa shape index (κ2) is 58.4. The summed E-state index contributed by atoms with van der Waals surface area (Å²) in [4.78, 5) is 24.5. The summed E-state index contributed by atoms with van der Waals surface area (Å²) < 4.78 is 10.7. The molecule has 0 aromatic carbocycles. The van der Waals surface area contributed by atoms with Crippen LogP contribution in [0.15, 0.2) is 134 Å². The van der Waals surface area contributed by atoms with Crippen LogP contribution in [0.4, 0.5) is 0 Å². The van der Waals surface area contributed by atoms with Crippen LogP contribution in [-0.4, -0.2) is 36.4 Å². The number of carbonyl (C=O) groups excluding carboxylic acids is 2. The summed E-state index contributed by atoms with van der Waals surface area (Å²) >= 11 is 0. The van der Waals surface area contributed by atoms with Gasteiger partial charge in [-0.3, -0.25) is 9.59 Å². The molecule has 0 fully saturated rings. The van der Waals surface area contributed by atoms with Crippen molar-refractivity contribution in [2.45, 2.75) is 245 Å². The summed E-state index contributed by atoms with van der Waals surface area (Å²) in [6.45, 7) is 4.01. The van der Waals surface area contributed by atoms with E-state index in [-0.39, 0.29) is 25.2 Å². The first-order valence-corrected chi connectivity index (χ1v) is 28.2. The number of ether oxygens (including phenoxy) is 2. The standard InChI is InChI=1S/C64H104O5/c1-3-5-7-9-11-13-15-17-19-21-22-23-24-25-26-27-28-29-30-31-32-33-34-35-36-37-38-39-40-41-42-43-45-47-49-51-53-55-57-59-64(67)69-62(60-65)61-68-63(66)58-56-54-52-50-48-46-44-20-18-16-14-12-10-8-6-4-2/h5,7,11,13,17,19-20,22-23,25-26,28-29,31-32,34-35,37-38,40-41,44,62,65H,3-4,6,8-10,12,14-16,18,21,24,27,30,33,36,39,42-43,45-61H2,1-2H3/b7-5-,13-11-,19-17-,23-22-,26-25-,29-28-,32-31-,35-34-,38-37-,41-40-,44-20-. The molecule has 69 heavy (non-hydrogen) atoms. The molecular weight excluding hydrogens is 849 g/mol. The number of allylic oxidation sites excluding steroid dienone is 22. The van der Waals surface area contributed by atoms with Crippen molar-refractivity contribution in [3.63, 3.8) is 0 Å². The predicted octanol–water partition coefficient (Wildman–Crippen LogP) is 19.2. The smallest absolute Gasteiger partial charge is 0.306 e. The lowest BCUT2D eigenvalue weighted by Crippen LogP contribution is -2.28. The molecule has 0 aliphatic rings. The van der Waals surface area contributed by atoms with Crippen molar-refractivity contribution in [3.8, 4) is 0 Å². The molecule has 5 nitrogen and oxygen atoms in total. The summed E-state index contributed by atoms with van der Waals surface area (Å²) in [7, 11) is 0. The Balaban J connectivity index is 3.61. The quantitative estimate of drug-likeness (QED) is 0.0374. The van der Waals surface area contributed by atoms with Gasteiger partial charge in [0.1, 0.15) is 6.61 Å². The van der Waals surface area contributed by atoms with Gasteiger partial charge in [-0.2, -0.15) is 0 Å². The van der Waals surface area contributed by atoms with Gasteiger partial charge in [0, 0.05) is 12.8 Å².